The maximum absolute atomic E-state index is 5.90. The number of aromatic nitrogens is 1. The van der Waals surface area contributed by atoms with Gasteiger partial charge >= 0.3 is 0 Å². The van der Waals surface area contributed by atoms with Gasteiger partial charge in [0.05, 0.1) is 18.2 Å². The van der Waals surface area contributed by atoms with Crippen molar-refractivity contribution in [1.82, 2.24) is 4.98 Å². The molecule has 4 nitrogen and oxygen atoms in total. The highest BCUT2D eigenvalue weighted by molar-refractivity contribution is 5.93. The van der Waals surface area contributed by atoms with Crippen LogP contribution >= 0.6 is 12.4 Å². The minimum Gasteiger partial charge on any atom is -0.399 e. The van der Waals surface area contributed by atoms with Gasteiger partial charge in [0.1, 0.15) is 0 Å². The quantitative estimate of drug-likeness (QED) is 0.875. The fourth-order valence-electron chi connectivity index (χ4n) is 3.17. The van der Waals surface area contributed by atoms with Gasteiger partial charge in [-0.2, -0.15) is 0 Å². The summed E-state index contributed by atoms with van der Waals surface area (Å²) in [5.41, 5.74) is 9.93. The Morgan fingerprint density at radius 3 is 2.95 bits per heavy atom. The van der Waals surface area contributed by atoms with Gasteiger partial charge in [-0.25, -0.2) is 0 Å². The molecule has 22 heavy (non-hydrogen) atoms. The summed E-state index contributed by atoms with van der Waals surface area (Å²) in [6.45, 7) is 6.75. The van der Waals surface area contributed by atoms with Crippen molar-refractivity contribution in [3.63, 3.8) is 0 Å². The van der Waals surface area contributed by atoms with Gasteiger partial charge in [0.2, 0.25) is 0 Å². The molecule has 0 spiro atoms. The van der Waals surface area contributed by atoms with Crippen LogP contribution in [-0.4, -0.2) is 30.8 Å². The lowest BCUT2D eigenvalue weighted by Crippen LogP contribution is -2.33. The molecule has 5 heteroatoms. The predicted octanol–water partition coefficient (Wildman–Crippen LogP) is 3.55. The molecular weight excluding hydrogens is 298 g/mol. The highest BCUT2D eigenvalue weighted by Gasteiger charge is 2.26. The Bertz CT molecular complexity index is 642. The summed E-state index contributed by atoms with van der Waals surface area (Å²) < 4.78 is 5.65. The molecule has 1 aromatic heterocycles. The monoisotopic (exact) mass is 321 g/mol. The van der Waals surface area contributed by atoms with E-state index in [1.165, 1.54) is 23.9 Å². The number of benzene rings is 1. The van der Waals surface area contributed by atoms with Crippen molar-refractivity contribution in [2.24, 2.45) is 0 Å². The lowest BCUT2D eigenvalue weighted by Gasteiger charge is -2.28. The van der Waals surface area contributed by atoms with Gasteiger partial charge in [-0.15, -0.1) is 12.4 Å². The Morgan fingerprint density at radius 2 is 2.18 bits per heavy atom. The Hall–Kier alpha value is -1.52. The summed E-state index contributed by atoms with van der Waals surface area (Å²) in [6.07, 6.45) is 2.41. The lowest BCUT2D eigenvalue weighted by atomic mass is 10.1. The van der Waals surface area contributed by atoms with Crippen molar-refractivity contribution in [2.75, 3.05) is 30.4 Å². The molecule has 1 aromatic carbocycles. The van der Waals surface area contributed by atoms with Gasteiger partial charge in [0.15, 0.2) is 0 Å². The Morgan fingerprint density at radius 1 is 1.36 bits per heavy atom. The highest BCUT2D eigenvalue weighted by atomic mass is 35.5. The summed E-state index contributed by atoms with van der Waals surface area (Å²) in [4.78, 5) is 7.09. The van der Waals surface area contributed by atoms with Crippen LogP contribution in [0.5, 0.6) is 0 Å². The number of nitrogen functional groups attached to an aromatic ring is 1. The number of hydrogen-bond acceptors (Lipinski definition) is 4. The molecule has 120 valence electrons. The second-order valence-corrected chi connectivity index (χ2v) is 5.71. The predicted molar refractivity (Wildman–Crippen MR) is 95.0 cm³/mol. The van der Waals surface area contributed by atoms with Gasteiger partial charge in [-0.1, -0.05) is 0 Å². The van der Waals surface area contributed by atoms with Crippen LogP contribution in [0, 0.1) is 6.92 Å². The molecule has 1 atom stereocenters. The van der Waals surface area contributed by atoms with E-state index in [4.69, 9.17) is 10.5 Å². The van der Waals surface area contributed by atoms with E-state index in [1.54, 1.807) is 0 Å². The van der Waals surface area contributed by atoms with Crippen LogP contribution in [0.2, 0.25) is 0 Å². The van der Waals surface area contributed by atoms with Crippen LogP contribution < -0.4 is 10.6 Å². The zero-order valence-corrected chi connectivity index (χ0v) is 14.0. The van der Waals surface area contributed by atoms with Crippen molar-refractivity contribution in [1.29, 1.82) is 0 Å². The van der Waals surface area contributed by atoms with Gasteiger partial charge in [-0.05, 0) is 51.0 Å². The average Bonchev–Trinajstić information content (AvgIpc) is 2.91. The van der Waals surface area contributed by atoms with Crippen molar-refractivity contribution in [3.05, 3.63) is 30.0 Å². The number of fused-ring (bicyclic) bond motifs is 1. The summed E-state index contributed by atoms with van der Waals surface area (Å²) in [6, 6.07) is 8.65. The molecule has 0 bridgehead atoms. The molecule has 1 aliphatic rings. The molecule has 0 amide bonds. The maximum Gasteiger partial charge on any atom is 0.0746 e. The molecule has 0 radical (unpaired) electrons. The maximum atomic E-state index is 5.90. The summed E-state index contributed by atoms with van der Waals surface area (Å²) in [7, 11) is 0. The first kappa shape index (κ1) is 16.8. The molecule has 0 saturated carbocycles. The van der Waals surface area contributed by atoms with E-state index in [0.717, 1.165) is 36.7 Å². The number of nitrogens with two attached hydrogens (primary N) is 1. The molecule has 2 heterocycles. The molecule has 2 aromatic rings. The molecule has 0 aliphatic carbocycles. The first-order valence-corrected chi connectivity index (χ1v) is 7.70. The van der Waals surface area contributed by atoms with E-state index in [9.17, 15) is 0 Å². The molecule has 1 saturated heterocycles. The minimum absolute atomic E-state index is 0. The number of aryl methyl sites for hydroxylation is 1. The minimum atomic E-state index is 0. The van der Waals surface area contributed by atoms with Crippen molar-refractivity contribution < 1.29 is 4.74 Å². The van der Waals surface area contributed by atoms with Crippen LogP contribution in [0.15, 0.2) is 24.3 Å². The SMILES string of the molecule is CCOCC1CCCN1c1cc(C)nc2cc(N)ccc12.Cl. The molecule has 2 N–H and O–H groups in total. The average molecular weight is 322 g/mol. The second kappa shape index (κ2) is 7.16. The summed E-state index contributed by atoms with van der Waals surface area (Å²) in [5, 5.41) is 1.18. The number of halogens is 1. The molecule has 3 rings (SSSR count). The second-order valence-electron chi connectivity index (χ2n) is 5.71. The van der Waals surface area contributed by atoms with Crippen LogP contribution in [0.25, 0.3) is 10.9 Å². The third-order valence-corrected chi connectivity index (χ3v) is 4.14. The smallest absolute Gasteiger partial charge is 0.0746 e. The number of anilines is 2. The zero-order valence-electron chi connectivity index (χ0n) is 13.2. The van der Waals surface area contributed by atoms with E-state index in [0.29, 0.717) is 6.04 Å². The van der Waals surface area contributed by atoms with Gasteiger partial charge < -0.3 is 15.4 Å². The number of rotatable bonds is 4. The van der Waals surface area contributed by atoms with Gasteiger partial charge in [0, 0.05) is 35.6 Å². The highest BCUT2D eigenvalue weighted by Crippen LogP contribution is 2.33. The van der Waals surface area contributed by atoms with E-state index < -0.39 is 0 Å². The normalized spacial score (nSPS) is 17.7. The molecule has 1 fully saturated rings. The van der Waals surface area contributed by atoms with Gasteiger partial charge in [-0.3, -0.25) is 4.98 Å². The number of hydrogen-bond donors (Lipinski definition) is 1. The number of nitrogens with zero attached hydrogens (tertiary/aromatic N) is 2. The van der Waals surface area contributed by atoms with E-state index in [2.05, 4.69) is 22.0 Å². The molecular formula is C17H24ClN3O. The fourth-order valence-corrected chi connectivity index (χ4v) is 3.17. The third-order valence-electron chi connectivity index (χ3n) is 4.14. The summed E-state index contributed by atoms with van der Waals surface area (Å²) in [5.74, 6) is 0. The standard InChI is InChI=1S/C17H23N3O.ClH/c1-3-21-11-14-5-4-8-20(14)17-9-12(2)19-16-10-13(18)6-7-15(16)17;/h6-7,9-10,14H,3-5,8,11,18H2,1-2H3;1H. The molecule has 1 aliphatic heterocycles. The first-order valence-electron chi connectivity index (χ1n) is 7.70. The van der Waals surface area contributed by atoms with Crippen molar-refractivity contribution in [2.45, 2.75) is 32.7 Å². The Labute approximate surface area is 138 Å². The van der Waals surface area contributed by atoms with Crippen LogP contribution in [0.4, 0.5) is 11.4 Å². The third kappa shape index (κ3) is 3.28. The van der Waals surface area contributed by atoms with Crippen molar-refractivity contribution >= 4 is 34.7 Å². The van der Waals surface area contributed by atoms with Crippen molar-refractivity contribution in [3.8, 4) is 0 Å². The van der Waals surface area contributed by atoms with E-state index >= 15 is 0 Å². The van der Waals surface area contributed by atoms with Crippen LogP contribution in [0.3, 0.4) is 0 Å². The Balaban J connectivity index is 0.00000176. The summed E-state index contributed by atoms with van der Waals surface area (Å²) >= 11 is 0. The number of pyridine rings is 1. The van der Waals surface area contributed by atoms with Gasteiger partial charge in [0.25, 0.3) is 0 Å². The zero-order chi connectivity index (χ0) is 14.8. The Kier molecular flexibility index (Phi) is 5.48. The van der Waals surface area contributed by atoms with Crippen LogP contribution in [0.1, 0.15) is 25.5 Å². The number of ether oxygens (including phenoxy) is 1. The van der Waals surface area contributed by atoms with E-state index in [-0.39, 0.29) is 12.4 Å². The largest absolute Gasteiger partial charge is 0.399 e. The topological polar surface area (TPSA) is 51.4 Å². The van der Waals surface area contributed by atoms with E-state index in [1.807, 2.05) is 26.0 Å². The van der Waals surface area contributed by atoms with Crippen LogP contribution in [-0.2, 0) is 4.74 Å². The lowest BCUT2D eigenvalue weighted by molar-refractivity contribution is 0.134. The first-order chi connectivity index (χ1) is 10.2. The molecule has 1 unspecified atom stereocenters. The fraction of sp³-hybridized carbons (Fsp3) is 0.471.